The molecule has 1 aliphatic heterocycles. The van der Waals surface area contributed by atoms with Gasteiger partial charge in [0.1, 0.15) is 11.6 Å². The number of nitrogens with two attached hydrogens (primary N) is 1. The number of pyridine rings is 2. The van der Waals surface area contributed by atoms with Gasteiger partial charge in [-0.1, -0.05) is 23.7 Å². The number of carbonyl (C=O) groups excluding carboxylic acids is 1. The molecule has 1 aliphatic rings. The number of likely N-dealkylation sites (tertiary alicyclic amines) is 1. The van der Waals surface area contributed by atoms with Crippen LogP contribution in [0.2, 0.25) is 5.02 Å². The Labute approximate surface area is 193 Å². The maximum atomic E-state index is 12.6. The van der Waals surface area contributed by atoms with Crippen molar-refractivity contribution >= 4 is 39.9 Å². The molecule has 2 aromatic heterocycles. The van der Waals surface area contributed by atoms with Gasteiger partial charge in [0.05, 0.1) is 10.6 Å². The minimum absolute atomic E-state index is 0.217. The molecule has 0 atom stereocenters. The summed E-state index contributed by atoms with van der Waals surface area (Å²) in [5.74, 6) is 0.912. The van der Waals surface area contributed by atoms with Crippen molar-refractivity contribution in [3.05, 3.63) is 58.9 Å². The van der Waals surface area contributed by atoms with Gasteiger partial charge in [0.2, 0.25) is 0 Å². The summed E-state index contributed by atoms with van der Waals surface area (Å²) in [6.07, 6.45) is 5.34. The summed E-state index contributed by atoms with van der Waals surface area (Å²) in [4.78, 5) is 23.6. The Morgan fingerprint density at radius 3 is 2.72 bits per heavy atom. The average Bonchev–Trinajstić information content (AvgIpc) is 2.79. The van der Waals surface area contributed by atoms with E-state index in [0.717, 1.165) is 42.3 Å². The molecule has 4 rings (SSSR count). The Bertz CT molecular complexity index is 1110. The first-order chi connectivity index (χ1) is 15.4. The van der Waals surface area contributed by atoms with Crippen molar-refractivity contribution in [1.82, 2.24) is 20.2 Å². The molecule has 3 heterocycles. The van der Waals surface area contributed by atoms with E-state index < -0.39 is 0 Å². The van der Waals surface area contributed by atoms with Crippen LogP contribution in [0.5, 0.6) is 0 Å². The maximum Gasteiger partial charge on any atom is 0.253 e. The fourth-order valence-electron chi connectivity index (χ4n) is 4.07. The zero-order valence-electron chi connectivity index (χ0n) is 18.4. The normalized spacial score (nSPS) is 15.2. The van der Waals surface area contributed by atoms with Crippen LogP contribution in [0.3, 0.4) is 0 Å². The number of amides is 1. The Hall–Kier alpha value is -2.90. The second kappa shape index (κ2) is 9.71. The second-order valence-corrected chi connectivity index (χ2v) is 8.94. The molecule has 0 spiro atoms. The molecule has 0 aliphatic carbocycles. The lowest BCUT2D eigenvalue weighted by molar-refractivity contribution is 0.0950. The zero-order chi connectivity index (χ0) is 22.7. The molecule has 1 aromatic carbocycles. The summed E-state index contributed by atoms with van der Waals surface area (Å²) < 4.78 is 0. The number of nitrogens with zero attached hydrogens (tertiary/aromatic N) is 3. The van der Waals surface area contributed by atoms with Gasteiger partial charge in [-0.3, -0.25) is 4.79 Å². The lowest BCUT2D eigenvalue weighted by atomic mass is 10.0. The van der Waals surface area contributed by atoms with Crippen molar-refractivity contribution in [1.29, 1.82) is 0 Å². The molecule has 8 heteroatoms. The number of halogens is 1. The van der Waals surface area contributed by atoms with Crippen LogP contribution in [-0.2, 0) is 6.54 Å². The maximum absolute atomic E-state index is 12.6. The van der Waals surface area contributed by atoms with Crippen molar-refractivity contribution in [3.63, 3.8) is 0 Å². The molecule has 7 nitrogen and oxygen atoms in total. The molecule has 0 saturated carbocycles. The van der Waals surface area contributed by atoms with E-state index in [-0.39, 0.29) is 5.91 Å². The standard InChI is InChI=1S/C24H29ClN6O/c1-15(2)31-9-6-19(7-10-31)30-23-21(25)12-18(14-28-23)24(32)29-13-16-3-4-20-17(11-16)5-8-27-22(20)26/h3-5,8,11-12,14-15,19H,6-7,9-10,13H2,1-2H3,(H2,26,27)(H,28,30)(H,29,32). The Morgan fingerprint density at radius 1 is 1.22 bits per heavy atom. The number of carbonyl (C=O) groups is 1. The van der Waals surface area contributed by atoms with Gasteiger partial charge in [-0.05, 0) is 55.8 Å². The van der Waals surface area contributed by atoms with Crippen LogP contribution in [-0.4, -0.2) is 45.9 Å². The van der Waals surface area contributed by atoms with Crippen molar-refractivity contribution in [2.75, 3.05) is 24.1 Å². The van der Waals surface area contributed by atoms with E-state index in [0.29, 0.717) is 40.9 Å². The van der Waals surface area contributed by atoms with Crippen LogP contribution in [0.4, 0.5) is 11.6 Å². The predicted octanol–water partition coefficient (Wildman–Crippen LogP) is 4.08. The Balaban J connectivity index is 1.35. The van der Waals surface area contributed by atoms with Gasteiger partial charge in [0, 0.05) is 49.5 Å². The van der Waals surface area contributed by atoms with Gasteiger partial charge in [0.15, 0.2) is 0 Å². The van der Waals surface area contributed by atoms with E-state index >= 15 is 0 Å². The first kappa shape index (κ1) is 22.3. The Morgan fingerprint density at radius 2 is 2.00 bits per heavy atom. The summed E-state index contributed by atoms with van der Waals surface area (Å²) >= 11 is 6.44. The van der Waals surface area contributed by atoms with Gasteiger partial charge in [-0.15, -0.1) is 0 Å². The predicted molar refractivity (Wildman–Crippen MR) is 130 cm³/mol. The van der Waals surface area contributed by atoms with E-state index in [1.807, 2.05) is 24.3 Å². The Kier molecular flexibility index (Phi) is 6.77. The lowest BCUT2D eigenvalue weighted by Crippen LogP contribution is -2.42. The molecule has 168 valence electrons. The van der Waals surface area contributed by atoms with Crippen LogP contribution >= 0.6 is 11.6 Å². The molecule has 1 fully saturated rings. The fourth-order valence-corrected chi connectivity index (χ4v) is 4.29. The highest BCUT2D eigenvalue weighted by atomic mass is 35.5. The number of nitrogens with one attached hydrogen (secondary N) is 2. The third kappa shape index (κ3) is 5.11. The zero-order valence-corrected chi connectivity index (χ0v) is 19.2. The first-order valence-electron chi connectivity index (χ1n) is 11.0. The highest BCUT2D eigenvalue weighted by Gasteiger charge is 2.22. The quantitative estimate of drug-likeness (QED) is 0.521. The molecule has 32 heavy (non-hydrogen) atoms. The summed E-state index contributed by atoms with van der Waals surface area (Å²) in [6, 6.07) is 10.3. The van der Waals surface area contributed by atoms with E-state index in [1.165, 1.54) is 0 Å². The molecule has 3 aromatic rings. The van der Waals surface area contributed by atoms with E-state index in [1.54, 1.807) is 18.5 Å². The molecule has 0 bridgehead atoms. The molecule has 4 N–H and O–H groups in total. The molecule has 1 saturated heterocycles. The monoisotopic (exact) mass is 452 g/mol. The fraction of sp³-hybridized carbons (Fsp3) is 0.375. The van der Waals surface area contributed by atoms with E-state index in [9.17, 15) is 4.79 Å². The number of benzene rings is 1. The SMILES string of the molecule is CC(C)N1CCC(Nc2ncc(C(=O)NCc3ccc4c(N)nccc4c3)cc2Cl)CC1. The number of nitrogen functional groups attached to an aromatic ring is 1. The third-order valence-electron chi connectivity index (χ3n) is 6.02. The summed E-state index contributed by atoms with van der Waals surface area (Å²) in [5.41, 5.74) is 7.31. The average molecular weight is 453 g/mol. The highest BCUT2D eigenvalue weighted by molar-refractivity contribution is 6.33. The van der Waals surface area contributed by atoms with Gasteiger partial charge >= 0.3 is 0 Å². The number of hydrogen-bond donors (Lipinski definition) is 3. The number of piperidine rings is 1. The van der Waals surface area contributed by atoms with Crippen LogP contribution in [0.25, 0.3) is 10.8 Å². The van der Waals surface area contributed by atoms with Gasteiger partial charge < -0.3 is 21.3 Å². The summed E-state index contributed by atoms with van der Waals surface area (Å²) in [5, 5.41) is 8.71. The number of fused-ring (bicyclic) bond motifs is 1. The third-order valence-corrected chi connectivity index (χ3v) is 6.30. The van der Waals surface area contributed by atoms with Gasteiger partial charge in [0.25, 0.3) is 5.91 Å². The second-order valence-electron chi connectivity index (χ2n) is 8.54. The number of hydrogen-bond acceptors (Lipinski definition) is 6. The summed E-state index contributed by atoms with van der Waals surface area (Å²) in [6.45, 7) is 6.96. The molecular weight excluding hydrogens is 424 g/mol. The minimum atomic E-state index is -0.217. The van der Waals surface area contributed by atoms with Crippen LogP contribution in [0.15, 0.2) is 42.7 Å². The van der Waals surface area contributed by atoms with Gasteiger partial charge in [-0.2, -0.15) is 0 Å². The topological polar surface area (TPSA) is 96.2 Å². The van der Waals surface area contributed by atoms with Crippen LogP contribution in [0.1, 0.15) is 42.6 Å². The molecule has 0 unspecified atom stereocenters. The van der Waals surface area contributed by atoms with Crippen molar-refractivity contribution in [2.24, 2.45) is 0 Å². The molecular formula is C24H29ClN6O. The largest absolute Gasteiger partial charge is 0.383 e. The summed E-state index contributed by atoms with van der Waals surface area (Å²) in [7, 11) is 0. The highest BCUT2D eigenvalue weighted by Crippen LogP contribution is 2.24. The first-order valence-corrected chi connectivity index (χ1v) is 11.4. The number of anilines is 2. The minimum Gasteiger partial charge on any atom is -0.383 e. The van der Waals surface area contributed by atoms with Crippen LogP contribution in [0, 0.1) is 0 Å². The molecule has 0 radical (unpaired) electrons. The van der Waals surface area contributed by atoms with Gasteiger partial charge in [-0.25, -0.2) is 9.97 Å². The smallest absolute Gasteiger partial charge is 0.253 e. The van der Waals surface area contributed by atoms with Crippen molar-refractivity contribution in [2.45, 2.75) is 45.3 Å². The number of aromatic nitrogens is 2. The van der Waals surface area contributed by atoms with Crippen molar-refractivity contribution in [3.8, 4) is 0 Å². The van der Waals surface area contributed by atoms with Crippen LogP contribution < -0.4 is 16.4 Å². The molecule has 1 amide bonds. The van der Waals surface area contributed by atoms with E-state index in [2.05, 4.69) is 39.3 Å². The lowest BCUT2D eigenvalue weighted by Gasteiger charge is -2.35. The van der Waals surface area contributed by atoms with Crippen molar-refractivity contribution < 1.29 is 4.79 Å². The van der Waals surface area contributed by atoms with E-state index in [4.69, 9.17) is 17.3 Å². The number of rotatable bonds is 6.